The molecule has 2 aromatic heterocycles. The Hall–Kier alpha value is -3.13. The Morgan fingerprint density at radius 1 is 1.26 bits per heavy atom. The molecule has 0 N–H and O–H groups in total. The van der Waals surface area contributed by atoms with Gasteiger partial charge in [0.05, 0.1) is 6.10 Å². The molecule has 0 radical (unpaired) electrons. The molecule has 0 saturated carbocycles. The molecule has 4 rings (SSSR count). The number of hydrogen-bond acceptors (Lipinski definition) is 6. The SMILES string of the molecule is Cc1cc(C(=O)CO/C(=C(\C#N)c2nnc3n2CCCCC3)C(F)(F)F)c(C)n1C[C@H]1CCCO1. The van der Waals surface area contributed by atoms with Gasteiger partial charge in [0, 0.05) is 43.1 Å². The van der Waals surface area contributed by atoms with Gasteiger partial charge in [0.15, 0.2) is 12.4 Å². The molecule has 1 atom stereocenters. The minimum absolute atomic E-state index is 0.0511. The van der Waals surface area contributed by atoms with E-state index in [9.17, 15) is 23.2 Å². The minimum Gasteiger partial charge on any atom is -0.480 e. The number of aromatic nitrogens is 4. The Bertz CT molecular complexity index is 1170. The van der Waals surface area contributed by atoms with E-state index in [1.165, 1.54) is 0 Å². The number of ketones is 1. The summed E-state index contributed by atoms with van der Waals surface area (Å²) in [4.78, 5) is 12.9. The molecular formula is C24H28F3N5O3. The molecule has 0 bridgehead atoms. The minimum atomic E-state index is -4.99. The summed E-state index contributed by atoms with van der Waals surface area (Å²) < 4.78 is 56.1. The molecule has 0 amide bonds. The highest BCUT2D eigenvalue weighted by Crippen LogP contribution is 2.34. The highest BCUT2D eigenvalue weighted by molar-refractivity contribution is 5.98. The van der Waals surface area contributed by atoms with E-state index in [1.807, 2.05) is 11.5 Å². The lowest BCUT2D eigenvalue weighted by molar-refractivity contribution is -0.127. The topological polar surface area (TPSA) is 95.0 Å². The van der Waals surface area contributed by atoms with Crippen molar-refractivity contribution in [3.05, 3.63) is 40.4 Å². The zero-order valence-electron chi connectivity index (χ0n) is 19.8. The first kappa shape index (κ1) is 25.0. The van der Waals surface area contributed by atoms with Crippen LogP contribution in [0.2, 0.25) is 0 Å². The first-order chi connectivity index (χ1) is 16.7. The highest BCUT2D eigenvalue weighted by atomic mass is 19.4. The van der Waals surface area contributed by atoms with Crippen LogP contribution in [0.5, 0.6) is 0 Å². The number of halogens is 3. The number of ether oxygens (including phenoxy) is 2. The van der Waals surface area contributed by atoms with Crippen LogP contribution in [-0.4, -0.2) is 50.6 Å². The van der Waals surface area contributed by atoms with Crippen molar-refractivity contribution in [3.8, 4) is 6.07 Å². The number of carbonyl (C=O) groups is 1. The van der Waals surface area contributed by atoms with E-state index in [2.05, 4.69) is 10.2 Å². The number of nitriles is 1. The number of carbonyl (C=O) groups excluding carboxylic acids is 1. The summed E-state index contributed by atoms with van der Waals surface area (Å²) in [6.45, 7) is 4.44. The standard InChI is InChI=1S/C24H28F3N5O3/c1-15-11-18(16(2)32(15)13-17-7-6-10-34-17)20(33)14-35-22(24(25,26)27)19(12-28)23-30-29-21-8-4-3-5-9-31(21)23/h11,17H,3-10,13-14H2,1-2H3/b22-19+/t17-/m1/s1. The van der Waals surface area contributed by atoms with Crippen LogP contribution in [0.1, 0.15) is 65.5 Å². The zero-order valence-corrected chi connectivity index (χ0v) is 19.8. The maximum atomic E-state index is 14.0. The van der Waals surface area contributed by atoms with Gasteiger partial charge in [-0.3, -0.25) is 4.79 Å². The Kier molecular flexibility index (Phi) is 7.31. The zero-order chi connectivity index (χ0) is 25.2. The van der Waals surface area contributed by atoms with Gasteiger partial charge in [0.2, 0.25) is 11.5 Å². The van der Waals surface area contributed by atoms with Crippen LogP contribution in [0.4, 0.5) is 13.2 Å². The van der Waals surface area contributed by atoms with Gasteiger partial charge in [-0.25, -0.2) is 0 Å². The van der Waals surface area contributed by atoms with Crippen molar-refractivity contribution in [2.75, 3.05) is 13.2 Å². The van der Waals surface area contributed by atoms with E-state index in [-0.39, 0.29) is 17.5 Å². The molecule has 188 valence electrons. The maximum Gasteiger partial charge on any atom is 0.450 e. The van der Waals surface area contributed by atoms with E-state index in [4.69, 9.17) is 9.47 Å². The molecule has 0 aromatic carbocycles. The third kappa shape index (κ3) is 5.27. The second-order valence-corrected chi connectivity index (χ2v) is 8.96. The van der Waals surface area contributed by atoms with Gasteiger partial charge in [-0.05, 0) is 45.6 Å². The molecular weight excluding hydrogens is 463 g/mol. The molecule has 4 heterocycles. The fraction of sp³-hybridized carbons (Fsp3) is 0.583. The largest absolute Gasteiger partial charge is 0.480 e. The van der Waals surface area contributed by atoms with E-state index in [1.54, 1.807) is 23.6 Å². The fourth-order valence-electron chi connectivity index (χ4n) is 4.74. The lowest BCUT2D eigenvalue weighted by Crippen LogP contribution is -2.22. The number of alkyl halides is 3. The molecule has 0 spiro atoms. The van der Waals surface area contributed by atoms with Crippen molar-refractivity contribution < 1.29 is 27.4 Å². The highest BCUT2D eigenvalue weighted by Gasteiger charge is 2.41. The average molecular weight is 492 g/mol. The Balaban J connectivity index is 1.59. The number of nitrogens with zero attached hydrogens (tertiary/aromatic N) is 5. The van der Waals surface area contributed by atoms with Gasteiger partial charge in [-0.1, -0.05) is 6.42 Å². The molecule has 2 aliphatic rings. The van der Waals surface area contributed by atoms with E-state index in [0.29, 0.717) is 37.6 Å². The summed E-state index contributed by atoms with van der Waals surface area (Å²) in [6, 6.07) is 3.24. The number of hydrogen-bond donors (Lipinski definition) is 0. The first-order valence-corrected chi connectivity index (χ1v) is 11.8. The maximum absolute atomic E-state index is 14.0. The number of aryl methyl sites for hydroxylation is 2. The Morgan fingerprint density at radius 3 is 2.74 bits per heavy atom. The van der Waals surface area contributed by atoms with Gasteiger partial charge >= 0.3 is 6.18 Å². The van der Waals surface area contributed by atoms with Crippen LogP contribution >= 0.6 is 0 Å². The van der Waals surface area contributed by atoms with Crippen molar-refractivity contribution in [2.45, 2.75) is 77.7 Å². The molecule has 35 heavy (non-hydrogen) atoms. The van der Waals surface area contributed by atoms with Crippen molar-refractivity contribution in [2.24, 2.45) is 0 Å². The van der Waals surface area contributed by atoms with Crippen molar-refractivity contribution in [1.82, 2.24) is 19.3 Å². The van der Waals surface area contributed by atoms with Gasteiger partial charge in [0.1, 0.15) is 17.5 Å². The van der Waals surface area contributed by atoms with Crippen molar-refractivity contribution in [3.63, 3.8) is 0 Å². The number of rotatable bonds is 7. The third-order valence-corrected chi connectivity index (χ3v) is 6.56. The Labute approximate surface area is 201 Å². The molecule has 11 heteroatoms. The van der Waals surface area contributed by atoms with E-state index >= 15 is 0 Å². The van der Waals surface area contributed by atoms with E-state index in [0.717, 1.165) is 37.8 Å². The van der Waals surface area contributed by atoms with Crippen LogP contribution < -0.4 is 0 Å². The van der Waals surface area contributed by atoms with Gasteiger partial charge in [-0.2, -0.15) is 18.4 Å². The summed E-state index contributed by atoms with van der Waals surface area (Å²) >= 11 is 0. The third-order valence-electron chi connectivity index (χ3n) is 6.56. The molecule has 8 nitrogen and oxygen atoms in total. The number of Topliss-reactive ketones (excluding diaryl/α,β-unsaturated/α-hetero) is 1. The summed E-state index contributed by atoms with van der Waals surface area (Å²) in [5.74, 6) is -1.77. The van der Waals surface area contributed by atoms with E-state index < -0.39 is 29.9 Å². The Morgan fingerprint density at radius 2 is 2.06 bits per heavy atom. The lowest BCUT2D eigenvalue weighted by Gasteiger charge is -2.16. The predicted octanol–water partition coefficient (Wildman–Crippen LogP) is 4.30. The summed E-state index contributed by atoms with van der Waals surface area (Å²) in [5.41, 5.74) is 0.982. The summed E-state index contributed by atoms with van der Waals surface area (Å²) in [6.07, 6.45) is 0.0592. The van der Waals surface area contributed by atoms with Crippen molar-refractivity contribution >= 4 is 11.4 Å². The molecule has 0 aliphatic carbocycles. The molecule has 0 unspecified atom stereocenters. The van der Waals surface area contributed by atoms with Crippen molar-refractivity contribution in [1.29, 1.82) is 5.26 Å². The van der Waals surface area contributed by atoms with Crippen LogP contribution in [0, 0.1) is 25.2 Å². The second kappa shape index (κ2) is 10.2. The average Bonchev–Trinajstić information content (AvgIpc) is 3.48. The second-order valence-electron chi connectivity index (χ2n) is 8.96. The molecule has 1 fully saturated rings. The lowest BCUT2D eigenvalue weighted by atomic mass is 10.1. The molecule has 2 aromatic rings. The van der Waals surface area contributed by atoms with Crippen LogP contribution in [-0.2, 0) is 29.0 Å². The van der Waals surface area contributed by atoms with Crippen LogP contribution in [0.25, 0.3) is 5.57 Å². The van der Waals surface area contributed by atoms with Crippen LogP contribution in [0.15, 0.2) is 11.8 Å². The normalized spacial score (nSPS) is 19.0. The van der Waals surface area contributed by atoms with Crippen LogP contribution in [0.3, 0.4) is 0 Å². The number of allylic oxidation sites excluding steroid dienone is 2. The summed E-state index contributed by atoms with van der Waals surface area (Å²) in [5, 5.41) is 17.5. The quantitative estimate of drug-likeness (QED) is 0.326. The predicted molar refractivity (Wildman–Crippen MR) is 119 cm³/mol. The first-order valence-electron chi connectivity index (χ1n) is 11.8. The molecule has 1 saturated heterocycles. The number of fused-ring (bicyclic) bond motifs is 1. The molecule has 2 aliphatic heterocycles. The monoisotopic (exact) mass is 491 g/mol. The smallest absolute Gasteiger partial charge is 0.450 e. The fourth-order valence-corrected chi connectivity index (χ4v) is 4.74. The van der Waals surface area contributed by atoms with Gasteiger partial charge < -0.3 is 18.6 Å². The summed E-state index contributed by atoms with van der Waals surface area (Å²) in [7, 11) is 0. The van der Waals surface area contributed by atoms with Gasteiger partial charge in [0.25, 0.3) is 0 Å². The van der Waals surface area contributed by atoms with Gasteiger partial charge in [-0.15, -0.1) is 10.2 Å².